The Bertz CT molecular complexity index is 715. The molecule has 24 heavy (non-hydrogen) atoms. The summed E-state index contributed by atoms with van der Waals surface area (Å²) in [5.41, 5.74) is 3.47. The predicted octanol–water partition coefficient (Wildman–Crippen LogP) is 5.21. The van der Waals surface area contributed by atoms with Crippen LogP contribution in [0.3, 0.4) is 0 Å². The van der Waals surface area contributed by atoms with Crippen LogP contribution in [0, 0.1) is 0 Å². The van der Waals surface area contributed by atoms with E-state index in [0.29, 0.717) is 16.5 Å². The molecule has 0 saturated carbocycles. The molecule has 1 atom stereocenters. The van der Waals surface area contributed by atoms with Gasteiger partial charge in [-0.2, -0.15) is 0 Å². The van der Waals surface area contributed by atoms with Gasteiger partial charge in [-0.05, 0) is 41.7 Å². The van der Waals surface area contributed by atoms with Crippen LogP contribution in [0.1, 0.15) is 30.1 Å². The van der Waals surface area contributed by atoms with E-state index in [9.17, 15) is 5.11 Å². The van der Waals surface area contributed by atoms with Crippen molar-refractivity contribution in [1.82, 2.24) is 4.90 Å². The molecule has 0 amide bonds. The van der Waals surface area contributed by atoms with Gasteiger partial charge >= 0.3 is 0 Å². The number of benzene rings is 2. The molecule has 1 unspecified atom stereocenters. The number of halogens is 2. The fourth-order valence-corrected chi connectivity index (χ4v) is 3.60. The SMILES string of the molecule is OC(CCN1CC=C(c2ccccc2)CC1)c1ccc(Cl)cc1Cl. The highest BCUT2D eigenvalue weighted by Crippen LogP contribution is 2.29. The molecular formula is C20H21Cl2NO. The third-order valence-corrected chi connectivity index (χ3v) is 5.04. The van der Waals surface area contributed by atoms with Crippen LogP contribution in [0.2, 0.25) is 10.0 Å². The number of aliphatic hydroxyl groups is 1. The molecule has 2 aromatic carbocycles. The largest absolute Gasteiger partial charge is 0.388 e. The van der Waals surface area contributed by atoms with Crippen LogP contribution in [0.4, 0.5) is 0 Å². The van der Waals surface area contributed by atoms with Crippen molar-refractivity contribution < 1.29 is 5.11 Å². The second-order valence-electron chi connectivity index (χ2n) is 6.12. The Morgan fingerprint density at radius 2 is 1.88 bits per heavy atom. The monoisotopic (exact) mass is 361 g/mol. The molecule has 1 aliphatic heterocycles. The molecule has 0 aromatic heterocycles. The summed E-state index contributed by atoms with van der Waals surface area (Å²) < 4.78 is 0. The van der Waals surface area contributed by atoms with E-state index in [1.54, 1.807) is 18.2 Å². The lowest BCUT2D eigenvalue weighted by Crippen LogP contribution is -2.30. The van der Waals surface area contributed by atoms with E-state index in [1.807, 2.05) is 6.07 Å². The van der Waals surface area contributed by atoms with Gasteiger partial charge in [0.15, 0.2) is 0 Å². The van der Waals surface area contributed by atoms with Gasteiger partial charge in [0.05, 0.1) is 6.10 Å². The van der Waals surface area contributed by atoms with Crippen LogP contribution in [-0.2, 0) is 0 Å². The topological polar surface area (TPSA) is 23.5 Å². The van der Waals surface area contributed by atoms with Gasteiger partial charge in [-0.25, -0.2) is 0 Å². The first-order chi connectivity index (χ1) is 11.6. The Balaban J connectivity index is 1.54. The Morgan fingerprint density at radius 3 is 2.54 bits per heavy atom. The lowest BCUT2D eigenvalue weighted by molar-refractivity contribution is 0.145. The molecule has 3 rings (SSSR count). The van der Waals surface area contributed by atoms with Crippen molar-refractivity contribution in [2.45, 2.75) is 18.9 Å². The minimum Gasteiger partial charge on any atom is -0.388 e. The van der Waals surface area contributed by atoms with Gasteiger partial charge in [0.25, 0.3) is 0 Å². The van der Waals surface area contributed by atoms with E-state index >= 15 is 0 Å². The predicted molar refractivity (Wildman–Crippen MR) is 102 cm³/mol. The van der Waals surface area contributed by atoms with E-state index in [2.05, 4.69) is 35.2 Å². The molecule has 0 radical (unpaired) electrons. The van der Waals surface area contributed by atoms with E-state index in [4.69, 9.17) is 23.2 Å². The summed E-state index contributed by atoms with van der Waals surface area (Å²) in [6, 6.07) is 15.8. The number of rotatable bonds is 5. The average molecular weight is 362 g/mol. The number of hydrogen-bond donors (Lipinski definition) is 1. The zero-order valence-corrected chi connectivity index (χ0v) is 15.0. The second kappa shape index (κ2) is 8.17. The normalized spacial score (nSPS) is 16.7. The summed E-state index contributed by atoms with van der Waals surface area (Å²) in [7, 11) is 0. The quantitative estimate of drug-likeness (QED) is 0.790. The Hall–Kier alpha value is -1.32. The van der Waals surface area contributed by atoms with Gasteiger partial charge in [0.1, 0.15) is 0 Å². The highest BCUT2D eigenvalue weighted by molar-refractivity contribution is 6.35. The summed E-state index contributed by atoms with van der Waals surface area (Å²) in [6.45, 7) is 2.78. The summed E-state index contributed by atoms with van der Waals surface area (Å²) in [5.74, 6) is 0. The summed E-state index contributed by atoms with van der Waals surface area (Å²) in [4.78, 5) is 2.36. The van der Waals surface area contributed by atoms with Gasteiger partial charge in [0, 0.05) is 29.7 Å². The molecule has 0 saturated heterocycles. The fourth-order valence-electron chi connectivity index (χ4n) is 3.06. The summed E-state index contributed by atoms with van der Waals surface area (Å²) >= 11 is 12.1. The smallest absolute Gasteiger partial charge is 0.0816 e. The molecule has 0 spiro atoms. The molecule has 4 heteroatoms. The lowest BCUT2D eigenvalue weighted by atomic mass is 9.99. The standard InChI is InChI=1S/C20H21Cl2NO/c21-17-6-7-18(19(22)14-17)20(24)10-13-23-11-8-16(9-12-23)15-4-2-1-3-5-15/h1-8,14,20,24H,9-13H2. The second-order valence-corrected chi connectivity index (χ2v) is 6.96. The zero-order valence-electron chi connectivity index (χ0n) is 13.5. The summed E-state index contributed by atoms with van der Waals surface area (Å²) in [5, 5.41) is 11.5. The first-order valence-electron chi connectivity index (χ1n) is 8.23. The lowest BCUT2D eigenvalue weighted by Gasteiger charge is -2.27. The first-order valence-corrected chi connectivity index (χ1v) is 8.99. The first kappa shape index (κ1) is 17.5. The Kier molecular flexibility index (Phi) is 5.96. The van der Waals surface area contributed by atoms with Crippen LogP contribution < -0.4 is 0 Å². The van der Waals surface area contributed by atoms with E-state index in [0.717, 1.165) is 31.6 Å². The fraction of sp³-hybridized carbons (Fsp3) is 0.300. The van der Waals surface area contributed by atoms with Gasteiger partial charge in [-0.15, -0.1) is 0 Å². The molecule has 0 fully saturated rings. The number of nitrogens with zero attached hydrogens (tertiary/aromatic N) is 1. The van der Waals surface area contributed by atoms with Gasteiger partial charge in [-0.1, -0.05) is 65.7 Å². The van der Waals surface area contributed by atoms with Crippen molar-refractivity contribution in [2.75, 3.05) is 19.6 Å². The van der Waals surface area contributed by atoms with Crippen LogP contribution in [0.15, 0.2) is 54.6 Å². The molecular weight excluding hydrogens is 341 g/mol. The highest BCUT2D eigenvalue weighted by atomic mass is 35.5. The number of hydrogen-bond acceptors (Lipinski definition) is 2. The molecule has 2 nitrogen and oxygen atoms in total. The van der Waals surface area contributed by atoms with Gasteiger partial charge in [-0.3, -0.25) is 4.90 Å². The average Bonchev–Trinajstić information content (AvgIpc) is 2.61. The van der Waals surface area contributed by atoms with Crippen molar-refractivity contribution in [1.29, 1.82) is 0 Å². The maximum absolute atomic E-state index is 10.4. The van der Waals surface area contributed by atoms with Crippen LogP contribution in [0.5, 0.6) is 0 Å². The van der Waals surface area contributed by atoms with E-state index in [1.165, 1.54) is 11.1 Å². The third kappa shape index (κ3) is 4.40. The highest BCUT2D eigenvalue weighted by Gasteiger charge is 2.16. The van der Waals surface area contributed by atoms with Crippen LogP contribution >= 0.6 is 23.2 Å². The molecule has 126 valence electrons. The van der Waals surface area contributed by atoms with Crippen LogP contribution in [-0.4, -0.2) is 29.6 Å². The van der Waals surface area contributed by atoms with Crippen molar-refractivity contribution in [2.24, 2.45) is 0 Å². The summed E-state index contributed by atoms with van der Waals surface area (Å²) in [6.07, 6.45) is 3.44. The van der Waals surface area contributed by atoms with Crippen molar-refractivity contribution >= 4 is 28.8 Å². The van der Waals surface area contributed by atoms with E-state index in [-0.39, 0.29) is 0 Å². The van der Waals surface area contributed by atoms with Crippen molar-refractivity contribution in [3.8, 4) is 0 Å². The molecule has 1 aliphatic rings. The number of aliphatic hydroxyl groups excluding tert-OH is 1. The minimum atomic E-state index is -0.561. The molecule has 1 heterocycles. The molecule has 1 N–H and O–H groups in total. The minimum absolute atomic E-state index is 0.528. The zero-order chi connectivity index (χ0) is 16.9. The third-order valence-electron chi connectivity index (χ3n) is 4.48. The maximum atomic E-state index is 10.4. The molecule has 0 aliphatic carbocycles. The van der Waals surface area contributed by atoms with Crippen molar-refractivity contribution in [3.63, 3.8) is 0 Å². The van der Waals surface area contributed by atoms with Gasteiger partial charge < -0.3 is 5.11 Å². The molecule has 2 aromatic rings. The van der Waals surface area contributed by atoms with Crippen molar-refractivity contribution in [3.05, 3.63) is 75.8 Å². The van der Waals surface area contributed by atoms with Gasteiger partial charge in [0.2, 0.25) is 0 Å². The maximum Gasteiger partial charge on any atom is 0.0816 e. The van der Waals surface area contributed by atoms with Crippen LogP contribution in [0.25, 0.3) is 5.57 Å². The Labute approximate surface area is 153 Å². The molecule has 0 bridgehead atoms. The van der Waals surface area contributed by atoms with E-state index < -0.39 is 6.10 Å². The Morgan fingerprint density at radius 1 is 1.08 bits per heavy atom.